The van der Waals surface area contributed by atoms with Gasteiger partial charge < -0.3 is 4.90 Å². The predicted octanol–water partition coefficient (Wildman–Crippen LogP) is 5.29. The van der Waals surface area contributed by atoms with Crippen molar-refractivity contribution in [1.29, 1.82) is 0 Å². The summed E-state index contributed by atoms with van der Waals surface area (Å²) in [5.74, 6) is 0.997. The van der Waals surface area contributed by atoms with Crippen LogP contribution in [0.25, 0.3) is 17.0 Å². The summed E-state index contributed by atoms with van der Waals surface area (Å²) in [6.45, 7) is 0. The molecule has 5 rings (SSSR count). The summed E-state index contributed by atoms with van der Waals surface area (Å²) in [4.78, 5) is 11.6. The molecule has 0 amide bonds. The molecule has 5 aromatic rings. The first kappa shape index (κ1) is 18.9. The maximum atomic E-state index is 14.3. The fourth-order valence-corrected chi connectivity index (χ4v) is 3.58. The first-order valence-corrected chi connectivity index (χ1v) is 10.0. The highest BCUT2D eigenvalue weighted by Gasteiger charge is 2.18. The molecule has 0 saturated carbocycles. The van der Waals surface area contributed by atoms with Crippen molar-refractivity contribution in [3.8, 4) is 11.4 Å². The number of hydrogen-bond donors (Lipinski definition) is 0. The Balaban J connectivity index is 1.69. The van der Waals surface area contributed by atoms with Crippen LogP contribution in [0.2, 0.25) is 0 Å². The van der Waals surface area contributed by atoms with Gasteiger partial charge in [-0.1, -0.05) is 66.7 Å². The van der Waals surface area contributed by atoms with Crippen LogP contribution in [0, 0.1) is 5.82 Å². The van der Waals surface area contributed by atoms with Gasteiger partial charge in [0.1, 0.15) is 5.82 Å². The Bertz CT molecular complexity index is 1330. The Morgan fingerprint density at radius 2 is 1.48 bits per heavy atom. The minimum Gasteiger partial charge on any atom is -0.313 e. The topological polar surface area (TPSA) is 46.3 Å². The van der Waals surface area contributed by atoms with Crippen molar-refractivity contribution in [2.45, 2.75) is 6.42 Å². The van der Waals surface area contributed by atoms with E-state index in [1.807, 2.05) is 78.7 Å². The molecule has 0 radical (unpaired) electrons. The van der Waals surface area contributed by atoms with E-state index < -0.39 is 0 Å². The molecule has 0 aliphatic carbocycles. The largest absolute Gasteiger partial charge is 0.313 e. The lowest BCUT2D eigenvalue weighted by Crippen LogP contribution is -2.17. The summed E-state index contributed by atoms with van der Waals surface area (Å²) in [5, 5.41) is 4.55. The molecule has 0 atom stereocenters. The molecule has 0 fully saturated rings. The van der Waals surface area contributed by atoms with Gasteiger partial charge in [-0.05, 0) is 23.8 Å². The SMILES string of the molecule is CN(c1ccccc1)c1nc(-c2ccccc2)nc2c(Cc3ccccc3F)cnn12. The van der Waals surface area contributed by atoms with Crippen LogP contribution in [-0.2, 0) is 6.42 Å². The van der Waals surface area contributed by atoms with E-state index in [9.17, 15) is 4.39 Å². The molecule has 152 valence electrons. The fourth-order valence-electron chi connectivity index (χ4n) is 3.58. The third-order valence-corrected chi connectivity index (χ3v) is 5.24. The number of aromatic nitrogens is 4. The standard InChI is InChI=1S/C25H20FN5/c1-30(21-13-6-3-7-14-21)25-29-23(18-10-4-2-5-11-18)28-24-20(17-27-31(24)25)16-19-12-8-9-15-22(19)26/h2-15,17H,16H2,1H3. The maximum Gasteiger partial charge on any atom is 0.234 e. The highest BCUT2D eigenvalue weighted by Crippen LogP contribution is 2.27. The van der Waals surface area contributed by atoms with Crippen molar-refractivity contribution in [2.75, 3.05) is 11.9 Å². The van der Waals surface area contributed by atoms with Crippen LogP contribution in [-0.4, -0.2) is 26.6 Å². The third kappa shape index (κ3) is 3.64. The van der Waals surface area contributed by atoms with Gasteiger partial charge in [0.25, 0.3) is 0 Å². The van der Waals surface area contributed by atoms with Gasteiger partial charge in [0.15, 0.2) is 11.5 Å². The molecule has 2 aromatic heterocycles. The first-order valence-electron chi connectivity index (χ1n) is 10.0. The zero-order chi connectivity index (χ0) is 21.2. The van der Waals surface area contributed by atoms with Gasteiger partial charge in [-0.15, -0.1) is 0 Å². The molecule has 0 spiro atoms. The van der Waals surface area contributed by atoms with Gasteiger partial charge in [-0.3, -0.25) is 0 Å². The van der Waals surface area contributed by atoms with Crippen molar-refractivity contribution < 1.29 is 4.39 Å². The number of para-hydroxylation sites is 1. The van der Waals surface area contributed by atoms with Gasteiger partial charge in [0.05, 0.1) is 6.20 Å². The van der Waals surface area contributed by atoms with Crippen LogP contribution in [0.15, 0.2) is 91.1 Å². The second kappa shape index (κ2) is 7.99. The normalized spacial score (nSPS) is 11.0. The molecule has 5 nitrogen and oxygen atoms in total. The molecule has 0 saturated heterocycles. The summed E-state index contributed by atoms with van der Waals surface area (Å²) >= 11 is 0. The van der Waals surface area contributed by atoms with E-state index in [-0.39, 0.29) is 5.82 Å². The quantitative estimate of drug-likeness (QED) is 0.396. The van der Waals surface area contributed by atoms with E-state index in [0.717, 1.165) is 16.8 Å². The molecule has 3 aromatic carbocycles. The Hall–Kier alpha value is -4.06. The Morgan fingerprint density at radius 1 is 0.806 bits per heavy atom. The summed E-state index contributed by atoms with van der Waals surface area (Å²) in [5.41, 5.74) is 4.00. The van der Waals surface area contributed by atoms with Crippen LogP contribution in [0.4, 0.5) is 16.0 Å². The van der Waals surface area contributed by atoms with Crippen molar-refractivity contribution in [3.63, 3.8) is 0 Å². The van der Waals surface area contributed by atoms with Crippen LogP contribution in [0.1, 0.15) is 11.1 Å². The molecule has 0 N–H and O–H groups in total. The number of fused-ring (bicyclic) bond motifs is 1. The van der Waals surface area contributed by atoms with E-state index in [0.29, 0.717) is 29.4 Å². The van der Waals surface area contributed by atoms with Gasteiger partial charge in [0, 0.05) is 30.3 Å². The van der Waals surface area contributed by atoms with Crippen molar-refractivity contribution >= 4 is 17.3 Å². The van der Waals surface area contributed by atoms with Gasteiger partial charge >= 0.3 is 0 Å². The highest BCUT2D eigenvalue weighted by molar-refractivity contribution is 5.66. The van der Waals surface area contributed by atoms with Crippen molar-refractivity contribution in [1.82, 2.24) is 19.6 Å². The molecule has 0 unspecified atom stereocenters. The fraction of sp³-hybridized carbons (Fsp3) is 0.0800. The second-order valence-electron chi connectivity index (χ2n) is 7.28. The van der Waals surface area contributed by atoms with Gasteiger partial charge in [0.2, 0.25) is 5.95 Å². The van der Waals surface area contributed by atoms with Crippen molar-refractivity contribution in [3.05, 3.63) is 108 Å². The average molecular weight is 409 g/mol. The zero-order valence-electron chi connectivity index (χ0n) is 17.0. The van der Waals surface area contributed by atoms with E-state index in [2.05, 4.69) is 5.10 Å². The molecule has 0 aliphatic rings. The van der Waals surface area contributed by atoms with Crippen LogP contribution < -0.4 is 4.90 Å². The summed E-state index contributed by atoms with van der Waals surface area (Å²) in [6.07, 6.45) is 2.14. The van der Waals surface area contributed by atoms with Gasteiger partial charge in [-0.25, -0.2) is 9.37 Å². The minimum absolute atomic E-state index is 0.235. The lowest BCUT2D eigenvalue weighted by atomic mass is 10.1. The number of anilines is 2. The van der Waals surface area contributed by atoms with E-state index in [1.54, 1.807) is 22.8 Å². The molecule has 0 aliphatic heterocycles. The van der Waals surface area contributed by atoms with Crippen LogP contribution in [0.3, 0.4) is 0 Å². The average Bonchev–Trinajstić information content (AvgIpc) is 3.23. The first-order chi connectivity index (χ1) is 15.2. The summed E-state index contributed by atoms with van der Waals surface area (Å²) in [7, 11) is 1.95. The molecule has 31 heavy (non-hydrogen) atoms. The monoisotopic (exact) mass is 409 g/mol. The summed E-state index contributed by atoms with van der Waals surface area (Å²) < 4.78 is 16.0. The Morgan fingerprint density at radius 3 is 2.23 bits per heavy atom. The lowest BCUT2D eigenvalue weighted by molar-refractivity contribution is 0.614. The van der Waals surface area contributed by atoms with Crippen molar-refractivity contribution in [2.24, 2.45) is 0 Å². The third-order valence-electron chi connectivity index (χ3n) is 5.24. The summed E-state index contributed by atoms with van der Waals surface area (Å²) in [6, 6.07) is 26.6. The minimum atomic E-state index is -0.235. The zero-order valence-corrected chi connectivity index (χ0v) is 17.0. The van der Waals surface area contributed by atoms with Gasteiger partial charge in [-0.2, -0.15) is 14.6 Å². The number of nitrogens with zero attached hydrogens (tertiary/aromatic N) is 5. The smallest absolute Gasteiger partial charge is 0.234 e. The van der Waals surface area contributed by atoms with E-state index in [4.69, 9.17) is 9.97 Å². The molecule has 2 heterocycles. The lowest BCUT2D eigenvalue weighted by Gasteiger charge is -2.19. The number of rotatable bonds is 5. The van der Waals surface area contributed by atoms with E-state index in [1.165, 1.54) is 6.07 Å². The Labute approximate surface area is 179 Å². The Kier molecular flexibility index (Phi) is 4.88. The van der Waals surface area contributed by atoms with Crippen LogP contribution in [0.5, 0.6) is 0 Å². The molecular weight excluding hydrogens is 389 g/mol. The predicted molar refractivity (Wildman–Crippen MR) is 120 cm³/mol. The molecule has 6 heteroatoms. The molecule has 0 bridgehead atoms. The number of benzene rings is 3. The molecular formula is C25H20FN5. The number of halogens is 1. The van der Waals surface area contributed by atoms with Crippen LogP contribution >= 0.6 is 0 Å². The highest BCUT2D eigenvalue weighted by atomic mass is 19.1. The maximum absolute atomic E-state index is 14.3. The second-order valence-corrected chi connectivity index (χ2v) is 7.28. The number of hydrogen-bond acceptors (Lipinski definition) is 4. The van der Waals surface area contributed by atoms with E-state index >= 15 is 0 Å².